The van der Waals surface area contributed by atoms with Crippen molar-refractivity contribution in [1.29, 1.82) is 0 Å². The maximum Gasteiger partial charge on any atom is 0.174 e. The summed E-state index contributed by atoms with van der Waals surface area (Å²) in [6.45, 7) is 2.83. The number of nitrogens with zero attached hydrogens (tertiary/aromatic N) is 1. The van der Waals surface area contributed by atoms with Crippen molar-refractivity contribution in [1.82, 2.24) is 0 Å². The molecule has 4 rings (SSSR count). The summed E-state index contributed by atoms with van der Waals surface area (Å²) in [5, 5.41) is 10.3. The number of phenols is 1. The Bertz CT molecular complexity index is 753. The molecule has 1 saturated heterocycles. The van der Waals surface area contributed by atoms with Gasteiger partial charge in [0.25, 0.3) is 0 Å². The number of carbonyl (C=O) groups is 1. The number of carbonyl (C=O) groups excluding carboxylic acids is 1. The van der Waals surface area contributed by atoms with Crippen LogP contribution in [0, 0.1) is 0 Å². The fourth-order valence-electron chi connectivity index (χ4n) is 3.28. The van der Waals surface area contributed by atoms with Gasteiger partial charge in [-0.15, -0.1) is 0 Å². The molecule has 0 saturated carbocycles. The molecule has 124 valence electrons. The highest BCUT2D eigenvalue weighted by Crippen LogP contribution is 2.42. The molecule has 0 spiro atoms. The van der Waals surface area contributed by atoms with Crippen molar-refractivity contribution in [3.8, 4) is 11.5 Å². The highest BCUT2D eigenvalue weighted by Gasteiger charge is 2.31. The molecule has 2 aliphatic heterocycles. The van der Waals surface area contributed by atoms with Gasteiger partial charge in [-0.25, -0.2) is 0 Å². The summed E-state index contributed by atoms with van der Waals surface area (Å²) in [5.74, 6) is 0.364. The predicted octanol–water partition coefficient (Wildman–Crippen LogP) is 2.94. The first kappa shape index (κ1) is 15.0. The second-order valence-electron chi connectivity index (χ2n) is 6.08. The summed E-state index contributed by atoms with van der Waals surface area (Å²) < 4.78 is 11.4. The molecule has 2 aromatic carbocycles. The lowest BCUT2D eigenvalue weighted by molar-refractivity contribution is 0.0845. The van der Waals surface area contributed by atoms with Gasteiger partial charge in [-0.05, 0) is 5.56 Å². The Morgan fingerprint density at radius 3 is 2.58 bits per heavy atom. The van der Waals surface area contributed by atoms with Crippen LogP contribution in [0.4, 0.5) is 5.69 Å². The summed E-state index contributed by atoms with van der Waals surface area (Å²) in [7, 11) is 0. The Labute approximate surface area is 140 Å². The lowest BCUT2D eigenvalue weighted by Gasteiger charge is -2.31. The van der Waals surface area contributed by atoms with Crippen molar-refractivity contribution in [3.63, 3.8) is 0 Å². The van der Waals surface area contributed by atoms with Gasteiger partial charge in [-0.3, -0.25) is 4.79 Å². The summed E-state index contributed by atoms with van der Waals surface area (Å²) in [4.78, 5) is 14.6. The number of benzene rings is 2. The molecule has 1 N–H and O–H groups in total. The Morgan fingerprint density at radius 1 is 1.08 bits per heavy atom. The van der Waals surface area contributed by atoms with E-state index in [0.29, 0.717) is 24.5 Å². The van der Waals surface area contributed by atoms with E-state index in [-0.39, 0.29) is 24.1 Å². The van der Waals surface area contributed by atoms with Crippen molar-refractivity contribution in [2.45, 2.75) is 12.5 Å². The van der Waals surface area contributed by atoms with Gasteiger partial charge < -0.3 is 19.5 Å². The maximum absolute atomic E-state index is 12.5. The SMILES string of the molecule is O=C1CC(c2ccccc2)Oc2cc(N3CCOCC3)cc(O)c21. The van der Waals surface area contributed by atoms with Gasteiger partial charge in [-0.1, -0.05) is 30.3 Å². The molecule has 2 heterocycles. The van der Waals surface area contributed by atoms with Crippen LogP contribution < -0.4 is 9.64 Å². The molecular weight excluding hydrogens is 306 g/mol. The predicted molar refractivity (Wildman–Crippen MR) is 89.9 cm³/mol. The minimum Gasteiger partial charge on any atom is -0.507 e. The number of fused-ring (bicyclic) bond motifs is 1. The number of rotatable bonds is 2. The van der Waals surface area contributed by atoms with Crippen molar-refractivity contribution in [2.24, 2.45) is 0 Å². The third-order valence-electron chi connectivity index (χ3n) is 4.53. The highest BCUT2D eigenvalue weighted by molar-refractivity contribution is 6.03. The van der Waals surface area contributed by atoms with Crippen LogP contribution in [0.25, 0.3) is 0 Å². The highest BCUT2D eigenvalue weighted by atomic mass is 16.5. The smallest absolute Gasteiger partial charge is 0.174 e. The van der Waals surface area contributed by atoms with Gasteiger partial charge in [0.05, 0.1) is 19.6 Å². The van der Waals surface area contributed by atoms with Gasteiger partial charge in [0, 0.05) is 30.9 Å². The minimum atomic E-state index is -0.314. The van der Waals surface area contributed by atoms with Crippen LogP contribution in [0.2, 0.25) is 0 Å². The summed E-state index contributed by atoms with van der Waals surface area (Å²) in [6.07, 6.45) is -0.0767. The number of hydrogen-bond donors (Lipinski definition) is 1. The van der Waals surface area contributed by atoms with E-state index in [0.717, 1.165) is 24.3 Å². The van der Waals surface area contributed by atoms with Crippen LogP contribution in [0.15, 0.2) is 42.5 Å². The quantitative estimate of drug-likeness (QED) is 0.920. The molecular formula is C19H19NO4. The van der Waals surface area contributed by atoms with Crippen LogP contribution in [-0.4, -0.2) is 37.2 Å². The van der Waals surface area contributed by atoms with E-state index in [1.54, 1.807) is 6.07 Å². The van der Waals surface area contributed by atoms with Gasteiger partial charge in [0.1, 0.15) is 23.2 Å². The molecule has 0 radical (unpaired) electrons. The molecule has 0 amide bonds. The normalized spacial score (nSPS) is 20.4. The molecule has 2 aromatic rings. The first-order valence-electron chi connectivity index (χ1n) is 8.17. The molecule has 5 heteroatoms. The molecule has 24 heavy (non-hydrogen) atoms. The Morgan fingerprint density at radius 2 is 1.83 bits per heavy atom. The van der Waals surface area contributed by atoms with E-state index in [1.807, 2.05) is 36.4 Å². The van der Waals surface area contributed by atoms with Crippen molar-refractivity contribution >= 4 is 11.5 Å². The fraction of sp³-hybridized carbons (Fsp3) is 0.316. The fourth-order valence-corrected chi connectivity index (χ4v) is 3.28. The summed E-state index contributed by atoms with van der Waals surface area (Å²) >= 11 is 0. The zero-order valence-corrected chi connectivity index (χ0v) is 13.3. The molecule has 1 atom stereocenters. The number of morpholine rings is 1. The molecule has 1 fully saturated rings. The van der Waals surface area contributed by atoms with E-state index in [9.17, 15) is 9.90 Å². The molecule has 5 nitrogen and oxygen atoms in total. The molecule has 0 bridgehead atoms. The largest absolute Gasteiger partial charge is 0.507 e. The first-order valence-corrected chi connectivity index (χ1v) is 8.17. The van der Waals surface area contributed by atoms with E-state index < -0.39 is 0 Å². The van der Waals surface area contributed by atoms with Gasteiger partial charge in [0.15, 0.2) is 5.78 Å². The summed E-state index contributed by atoms with van der Waals surface area (Å²) in [6, 6.07) is 13.2. The zero-order valence-electron chi connectivity index (χ0n) is 13.3. The van der Waals surface area contributed by atoms with E-state index in [2.05, 4.69) is 4.90 Å². The lowest BCUT2D eigenvalue weighted by atomic mass is 9.95. The number of ketones is 1. The number of aromatic hydroxyl groups is 1. The second-order valence-corrected chi connectivity index (χ2v) is 6.08. The Kier molecular flexibility index (Phi) is 3.86. The summed E-state index contributed by atoms with van der Waals surface area (Å²) in [5.41, 5.74) is 2.11. The minimum absolute atomic E-state index is 0.00879. The topological polar surface area (TPSA) is 59.0 Å². The maximum atomic E-state index is 12.5. The van der Waals surface area contributed by atoms with Crippen LogP contribution in [0.3, 0.4) is 0 Å². The molecule has 2 aliphatic rings. The van der Waals surface area contributed by atoms with E-state index in [1.165, 1.54) is 0 Å². The standard InChI is InChI=1S/C19H19NO4/c21-15-10-14(20-6-8-23-9-7-20)11-18-19(15)16(22)12-17(24-18)13-4-2-1-3-5-13/h1-5,10-11,17,21H,6-9,12H2. The van der Waals surface area contributed by atoms with Crippen LogP contribution >= 0.6 is 0 Å². The van der Waals surface area contributed by atoms with Crippen molar-refractivity contribution in [3.05, 3.63) is 53.6 Å². The average Bonchev–Trinajstić information content (AvgIpc) is 2.62. The van der Waals surface area contributed by atoms with Gasteiger partial charge in [-0.2, -0.15) is 0 Å². The van der Waals surface area contributed by atoms with Gasteiger partial charge in [0.2, 0.25) is 0 Å². The monoisotopic (exact) mass is 325 g/mol. The third-order valence-corrected chi connectivity index (χ3v) is 4.53. The number of hydrogen-bond acceptors (Lipinski definition) is 5. The zero-order chi connectivity index (χ0) is 16.5. The van der Waals surface area contributed by atoms with Gasteiger partial charge >= 0.3 is 0 Å². The Balaban J connectivity index is 1.69. The van der Waals surface area contributed by atoms with E-state index >= 15 is 0 Å². The molecule has 1 unspecified atom stereocenters. The average molecular weight is 325 g/mol. The first-order chi connectivity index (χ1) is 11.7. The van der Waals surface area contributed by atoms with Crippen LogP contribution in [0.1, 0.15) is 28.4 Å². The lowest BCUT2D eigenvalue weighted by Crippen LogP contribution is -2.36. The third kappa shape index (κ3) is 2.71. The number of Topliss-reactive ketones (excluding diaryl/α,β-unsaturated/α-hetero) is 1. The Hall–Kier alpha value is -2.53. The number of anilines is 1. The van der Waals surface area contributed by atoms with Crippen LogP contribution in [-0.2, 0) is 4.74 Å². The molecule has 0 aromatic heterocycles. The molecule has 0 aliphatic carbocycles. The number of phenolic OH excluding ortho intramolecular Hbond substituents is 1. The van der Waals surface area contributed by atoms with Crippen LogP contribution in [0.5, 0.6) is 11.5 Å². The number of ether oxygens (including phenoxy) is 2. The van der Waals surface area contributed by atoms with Crippen molar-refractivity contribution < 1.29 is 19.4 Å². The second kappa shape index (κ2) is 6.17. The van der Waals surface area contributed by atoms with E-state index in [4.69, 9.17) is 9.47 Å². The van der Waals surface area contributed by atoms with Crippen molar-refractivity contribution in [2.75, 3.05) is 31.2 Å².